The summed E-state index contributed by atoms with van der Waals surface area (Å²) >= 11 is 7.52. The van der Waals surface area contributed by atoms with E-state index in [1.165, 1.54) is 14.0 Å². The standard InChI is InChI=1S/C12H11BrINS/c13-9-5-11(16-7-9)6-12(15)8-2-1-3-10(14)4-8/h1-5,7,12H,6,15H2. The molecule has 1 nitrogen and oxygen atoms in total. The number of benzene rings is 1. The summed E-state index contributed by atoms with van der Waals surface area (Å²) in [6.07, 6.45) is 0.899. The molecule has 1 aromatic carbocycles. The normalized spacial score (nSPS) is 12.7. The fourth-order valence-electron chi connectivity index (χ4n) is 1.53. The van der Waals surface area contributed by atoms with Crippen molar-refractivity contribution in [3.8, 4) is 0 Å². The van der Waals surface area contributed by atoms with Gasteiger partial charge in [-0.25, -0.2) is 0 Å². The van der Waals surface area contributed by atoms with Crippen molar-refractivity contribution < 1.29 is 0 Å². The van der Waals surface area contributed by atoms with Crippen LogP contribution in [-0.4, -0.2) is 0 Å². The fourth-order valence-corrected chi connectivity index (χ4v) is 3.61. The molecular formula is C12H11BrINS. The van der Waals surface area contributed by atoms with Crippen molar-refractivity contribution in [1.82, 2.24) is 0 Å². The zero-order chi connectivity index (χ0) is 11.5. The molecule has 0 bridgehead atoms. The predicted molar refractivity (Wildman–Crippen MR) is 81.8 cm³/mol. The zero-order valence-electron chi connectivity index (χ0n) is 8.49. The predicted octanol–water partition coefficient (Wildman–Crippen LogP) is 4.36. The van der Waals surface area contributed by atoms with Crippen LogP contribution in [0.4, 0.5) is 0 Å². The van der Waals surface area contributed by atoms with Crippen LogP contribution in [-0.2, 0) is 6.42 Å². The van der Waals surface area contributed by atoms with E-state index in [1.807, 2.05) is 0 Å². The van der Waals surface area contributed by atoms with Gasteiger partial charge < -0.3 is 5.73 Å². The average Bonchev–Trinajstić information content (AvgIpc) is 2.64. The van der Waals surface area contributed by atoms with Gasteiger partial charge in [-0.05, 0) is 62.3 Å². The first-order valence-corrected chi connectivity index (χ1v) is 7.64. The Balaban J connectivity index is 2.11. The van der Waals surface area contributed by atoms with Gasteiger partial charge in [0.1, 0.15) is 0 Å². The Hall–Kier alpha value is 0.0900. The molecule has 1 unspecified atom stereocenters. The van der Waals surface area contributed by atoms with Crippen LogP contribution in [0.1, 0.15) is 16.5 Å². The number of nitrogens with two attached hydrogens (primary N) is 1. The van der Waals surface area contributed by atoms with Gasteiger partial charge in [-0.1, -0.05) is 12.1 Å². The third kappa shape index (κ3) is 3.29. The van der Waals surface area contributed by atoms with Crippen LogP contribution in [0.15, 0.2) is 40.2 Å². The SMILES string of the molecule is NC(Cc1cc(Br)cs1)c1cccc(I)c1. The van der Waals surface area contributed by atoms with Gasteiger partial charge in [-0.15, -0.1) is 11.3 Å². The van der Waals surface area contributed by atoms with Gasteiger partial charge in [-0.2, -0.15) is 0 Å². The number of hydrogen-bond acceptors (Lipinski definition) is 2. The van der Waals surface area contributed by atoms with Gasteiger partial charge in [0, 0.05) is 30.8 Å². The maximum absolute atomic E-state index is 6.19. The van der Waals surface area contributed by atoms with Crippen molar-refractivity contribution in [3.63, 3.8) is 0 Å². The molecule has 0 radical (unpaired) electrons. The molecule has 0 saturated carbocycles. The monoisotopic (exact) mass is 407 g/mol. The number of hydrogen-bond donors (Lipinski definition) is 1. The summed E-state index contributed by atoms with van der Waals surface area (Å²) in [4.78, 5) is 1.32. The summed E-state index contributed by atoms with van der Waals surface area (Å²) in [5, 5.41) is 2.09. The van der Waals surface area contributed by atoms with Crippen LogP contribution in [0, 0.1) is 3.57 Å². The Morgan fingerprint density at radius 1 is 1.38 bits per heavy atom. The number of rotatable bonds is 3. The zero-order valence-corrected chi connectivity index (χ0v) is 13.1. The van der Waals surface area contributed by atoms with Crippen LogP contribution in [0.2, 0.25) is 0 Å². The number of thiophene rings is 1. The molecule has 84 valence electrons. The molecular weight excluding hydrogens is 397 g/mol. The summed E-state index contributed by atoms with van der Waals surface area (Å²) in [6.45, 7) is 0. The van der Waals surface area contributed by atoms with Gasteiger partial charge in [-0.3, -0.25) is 0 Å². The Morgan fingerprint density at radius 2 is 2.19 bits per heavy atom. The van der Waals surface area contributed by atoms with Crippen LogP contribution in [0.25, 0.3) is 0 Å². The highest BCUT2D eigenvalue weighted by Gasteiger charge is 2.08. The second-order valence-electron chi connectivity index (χ2n) is 3.60. The molecule has 0 amide bonds. The van der Waals surface area contributed by atoms with Gasteiger partial charge in [0.05, 0.1) is 0 Å². The first-order chi connectivity index (χ1) is 7.65. The van der Waals surface area contributed by atoms with Crippen LogP contribution in [0.3, 0.4) is 0 Å². The summed E-state index contributed by atoms with van der Waals surface area (Å²) in [6, 6.07) is 10.6. The summed E-state index contributed by atoms with van der Waals surface area (Å²) < 4.78 is 2.38. The third-order valence-electron chi connectivity index (χ3n) is 2.32. The van der Waals surface area contributed by atoms with Gasteiger partial charge in [0.2, 0.25) is 0 Å². The lowest BCUT2D eigenvalue weighted by Crippen LogP contribution is -2.12. The summed E-state index contributed by atoms with van der Waals surface area (Å²) in [5.74, 6) is 0. The molecule has 1 aromatic heterocycles. The van der Waals surface area contributed by atoms with E-state index in [0.717, 1.165) is 10.9 Å². The van der Waals surface area contributed by atoms with Crippen molar-refractivity contribution >= 4 is 49.9 Å². The van der Waals surface area contributed by atoms with Crippen molar-refractivity contribution in [1.29, 1.82) is 0 Å². The van der Waals surface area contributed by atoms with E-state index in [0.29, 0.717) is 0 Å². The Kier molecular flexibility index (Phi) is 4.41. The van der Waals surface area contributed by atoms with E-state index in [4.69, 9.17) is 5.73 Å². The van der Waals surface area contributed by atoms with Crippen LogP contribution in [0.5, 0.6) is 0 Å². The highest BCUT2D eigenvalue weighted by atomic mass is 127. The Morgan fingerprint density at radius 3 is 2.81 bits per heavy atom. The van der Waals surface area contributed by atoms with Gasteiger partial charge in [0.25, 0.3) is 0 Å². The molecule has 0 fully saturated rings. The minimum absolute atomic E-state index is 0.0836. The minimum atomic E-state index is 0.0836. The van der Waals surface area contributed by atoms with E-state index in [2.05, 4.69) is 74.2 Å². The van der Waals surface area contributed by atoms with E-state index in [1.54, 1.807) is 11.3 Å². The quantitative estimate of drug-likeness (QED) is 0.751. The molecule has 16 heavy (non-hydrogen) atoms. The van der Waals surface area contributed by atoms with Crippen molar-refractivity contribution in [2.45, 2.75) is 12.5 Å². The Labute approximate surface area is 121 Å². The van der Waals surface area contributed by atoms with Crippen LogP contribution < -0.4 is 5.73 Å². The average molecular weight is 408 g/mol. The highest BCUT2D eigenvalue weighted by Crippen LogP contribution is 2.24. The molecule has 2 aromatic rings. The molecule has 2 N–H and O–H groups in total. The largest absolute Gasteiger partial charge is 0.324 e. The summed E-state index contributed by atoms with van der Waals surface area (Å²) in [5.41, 5.74) is 7.40. The topological polar surface area (TPSA) is 26.0 Å². The van der Waals surface area contributed by atoms with Crippen molar-refractivity contribution in [2.24, 2.45) is 5.73 Å². The highest BCUT2D eigenvalue weighted by molar-refractivity contribution is 14.1. The van der Waals surface area contributed by atoms with Crippen LogP contribution >= 0.6 is 49.9 Å². The molecule has 0 aliphatic carbocycles. The molecule has 1 atom stereocenters. The molecule has 0 aliphatic heterocycles. The van der Waals surface area contributed by atoms with Crippen molar-refractivity contribution in [3.05, 3.63) is 54.2 Å². The lowest BCUT2D eigenvalue weighted by atomic mass is 10.0. The van der Waals surface area contributed by atoms with E-state index >= 15 is 0 Å². The lowest BCUT2D eigenvalue weighted by Gasteiger charge is -2.10. The molecule has 4 heteroatoms. The molecule has 0 aliphatic rings. The first-order valence-electron chi connectivity index (χ1n) is 4.89. The van der Waals surface area contributed by atoms with E-state index in [9.17, 15) is 0 Å². The third-order valence-corrected chi connectivity index (χ3v) is 4.71. The number of halogens is 2. The second kappa shape index (κ2) is 5.62. The van der Waals surface area contributed by atoms with E-state index < -0.39 is 0 Å². The molecule has 0 spiro atoms. The Bertz CT molecular complexity index is 483. The van der Waals surface area contributed by atoms with Gasteiger partial charge in [0.15, 0.2) is 0 Å². The second-order valence-corrected chi connectivity index (χ2v) is 6.75. The first kappa shape index (κ1) is 12.5. The maximum Gasteiger partial charge on any atom is 0.0344 e. The lowest BCUT2D eigenvalue weighted by molar-refractivity contribution is 0.729. The maximum atomic E-state index is 6.19. The molecule has 0 saturated heterocycles. The summed E-state index contributed by atoms with van der Waals surface area (Å²) in [7, 11) is 0. The van der Waals surface area contributed by atoms with E-state index in [-0.39, 0.29) is 6.04 Å². The molecule has 2 rings (SSSR count). The molecule has 1 heterocycles. The smallest absolute Gasteiger partial charge is 0.0344 e. The van der Waals surface area contributed by atoms with Crippen molar-refractivity contribution in [2.75, 3.05) is 0 Å². The minimum Gasteiger partial charge on any atom is -0.324 e. The van der Waals surface area contributed by atoms with Gasteiger partial charge >= 0.3 is 0 Å². The fraction of sp³-hybridized carbons (Fsp3) is 0.167.